The van der Waals surface area contributed by atoms with Crippen LogP contribution in [0.2, 0.25) is 15.1 Å². The number of carbonyl (C=O) groups is 1. The Hall–Kier alpha value is -1.50. The summed E-state index contributed by atoms with van der Waals surface area (Å²) in [7, 11) is 0. The van der Waals surface area contributed by atoms with Crippen molar-refractivity contribution in [2.24, 2.45) is 22.9 Å². The molecule has 2 heterocycles. The fourth-order valence-corrected chi connectivity index (χ4v) is 6.26. The second-order valence-corrected chi connectivity index (χ2v) is 10.5. The van der Waals surface area contributed by atoms with Gasteiger partial charge in [-0.2, -0.15) is 5.10 Å². The lowest BCUT2D eigenvalue weighted by Crippen LogP contribution is -2.45. The number of hydrogen-bond donors (Lipinski definition) is 1. The quantitative estimate of drug-likeness (QED) is 0.454. The number of benzene rings is 2. The highest BCUT2D eigenvalue weighted by atomic mass is 35.5. The first-order valence-electron chi connectivity index (χ1n) is 11.6. The van der Waals surface area contributed by atoms with Gasteiger partial charge in [0.25, 0.3) is 5.91 Å². The minimum atomic E-state index is -0.176. The molecule has 3 aliphatic rings. The van der Waals surface area contributed by atoms with Crippen LogP contribution in [0.1, 0.15) is 44.2 Å². The molecule has 1 amide bonds. The van der Waals surface area contributed by atoms with Crippen molar-refractivity contribution in [2.75, 3.05) is 18.1 Å². The van der Waals surface area contributed by atoms with Gasteiger partial charge in [0, 0.05) is 29.1 Å². The Morgan fingerprint density at radius 2 is 1.68 bits per heavy atom. The smallest absolute Gasteiger partial charge is 0.282 e. The van der Waals surface area contributed by atoms with Gasteiger partial charge in [0.2, 0.25) is 0 Å². The Bertz CT molecular complexity index is 1070. The predicted octanol–water partition coefficient (Wildman–Crippen LogP) is 6.78. The molecular weight excluding hydrogens is 514 g/mol. The van der Waals surface area contributed by atoms with Crippen molar-refractivity contribution in [1.82, 2.24) is 10.4 Å². The van der Waals surface area contributed by atoms with Gasteiger partial charge in [-0.05, 0) is 67.0 Å². The van der Waals surface area contributed by atoms with Crippen molar-refractivity contribution in [3.05, 3.63) is 63.1 Å². The van der Waals surface area contributed by atoms with Crippen LogP contribution in [0.25, 0.3) is 0 Å². The van der Waals surface area contributed by atoms with E-state index in [-0.39, 0.29) is 30.3 Å². The molecule has 182 valence electrons. The van der Waals surface area contributed by atoms with Crippen molar-refractivity contribution in [1.29, 1.82) is 0 Å². The van der Waals surface area contributed by atoms with Crippen LogP contribution < -0.4 is 10.4 Å². The normalized spacial score (nSPS) is 26.2. The summed E-state index contributed by atoms with van der Waals surface area (Å²) in [5.41, 5.74) is 5.43. The maximum absolute atomic E-state index is 13.5. The first kappa shape index (κ1) is 25.6. The molecule has 0 aromatic heterocycles. The first-order valence-corrected chi connectivity index (χ1v) is 12.7. The van der Waals surface area contributed by atoms with Gasteiger partial charge >= 0.3 is 0 Å². The number of halogens is 4. The van der Waals surface area contributed by atoms with E-state index in [2.05, 4.69) is 17.4 Å². The van der Waals surface area contributed by atoms with E-state index in [0.717, 1.165) is 30.8 Å². The van der Waals surface area contributed by atoms with Crippen LogP contribution in [0.3, 0.4) is 0 Å². The van der Waals surface area contributed by atoms with Gasteiger partial charge in [-0.15, -0.1) is 12.4 Å². The fourth-order valence-electron chi connectivity index (χ4n) is 5.63. The molecule has 1 N–H and O–H groups in total. The molecule has 2 aromatic carbocycles. The molecule has 2 aromatic rings. The summed E-state index contributed by atoms with van der Waals surface area (Å²) in [6.45, 7) is 3.94. The zero-order valence-corrected chi connectivity index (χ0v) is 22.0. The predicted molar refractivity (Wildman–Crippen MR) is 142 cm³/mol. The highest BCUT2D eigenvalue weighted by Crippen LogP contribution is 2.44. The topological polar surface area (TPSA) is 47.9 Å². The van der Waals surface area contributed by atoms with E-state index in [1.165, 1.54) is 19.3 Å². The number of nitrogens with zero attached hydrogens (tertiary/aromatic N) is 3. The van der Waals surface area contributed by atoms with Crippen LogP contribution in [-0.4, -0.2) is 29.7 Å². The number of carbonyl (C=O) groups excluding carboxylic acids is 1. The van der Waals surface area contributed by atoms with E-state index in [4.69, 9.17) is 39.9 Å². The summed E-state index contributed by atoms with van der Waals surface area (Å²) in [4.78, 5) is 13.5. The molecule has 1 aliphatic carbocycles. The van der Waals surface area contributed by atoms with Crippen molar-refractivity contribution >= 4 is 64.5 Å². The molecule has 2 unspecified atom stereocenters. The number of rotatable bonds is 5. The third kappa shape index (κ3) is 4.91. The summed E-state index contributed by atoms with van der Waals surface area (Å²) in [6.07, 6.45) is 4.59. The average Bonchev–Trinajstić information content (AvgIpc) is 3.47. The molecule has 2 fully saturated rings. The third-order valence-corrected chi connectivity index (χ3v) is 8.03. The summed E-state index contributed by atoms with van der Waals surface area (Å²) >= 11 is 18.9. The second kappa shape index (κ2) is 10.6. The Morgan fingerprint density at radius 3 is 2.29 bits per heavy atom. The zero-order chi connectivity index (χ0) is 23.1. The highest BCUT2D eigenvalue weighted by Gasteiger charge is 2.43. The van der Waals surface area contributed by atoms with Crippen LogP contribution in [0, 0.1) is 17.8 Å². The van der Waals surface area contributed by atoms with Gasteiger partial charge in [0.05, 0.1) is 16.8 Å². The Balaban J connectivity index is 0.00000274. The fraction of sp³-hybridized carbons (Fsp3) is 0.440. The van der Waals surface area contributed by atoms with E-state index in [0.29, 0.717) is 32.6 Å². The second-order valence-electron chi connectivity index (χ2n) is 9.23. The minimum absolute atomic E-state index is 0. The number of amides is 1. The van der Waals surface area contributed by atoms with Crippen molar-refractivity contribution in [2.45, 2.75) is 38.6 Å². The summed E-state index contributed by atoms with van der Waals surface area (Å²) in [6, 6.07) is 12.9. The number of hydrazone groups is 1. The van der Waals surface area contributed by atoms with Crippen LogP contribution in [0.15, 0.2) is 47.6 Å². The van der Waals surface area contributed by atoms with Gasteiger partial charge < -0.3 is 0 Å². The SMILES string of the molecule is CC[C@H]1C(C(=O)NN2CC3CCCC3C2)=NN(c2ccc(Cl)cc2Cl)[C@H]1c1ccc(Cl)cc1.Cl. The molecule has 5 rings (SSSR count). The maximum Gasteiger partial charge on any atom is 0.282 e. The van der Waals surface area contributed by atoms with E-state index < -0.39 is 0 Å². The largest absolute Gasteiger partial charge is 0.284 e. The molecule has 5 nitrogen and oxygen atoms in total. The molecule has 34 heavy (non-hydrogen) atoms. The molecule has 2 aliphatic heterocycles. The lowest BCUT2D eigenvalue weighted by atomic mass is 9.87. The number of hydrazine groups is 1. The molecule has 4 atom stereocenters. The number of nitrogens with one attached hydrogen (secondary N) is 1. The molecule has 0 bridgehead atoms. The van der Waals surface area contributed by atoms with Crippen LogP contribution in [-0.2, 0) is 4.79 Å². The van der Waals surface area contributed by atoms with Crippen molar-refractivity contribution < 1.29 is 4.79 Å². The monoisotopic (exact) mass is 540 g/mol. The standard InChI is InChI=1S/C25H27Cl3N4O.ClH/c1-2-20-23(25(33)30-31-13-16-4-3-5-17(16)14-31)29-32(22-11-10-19(27)12-21(22)28)24(20)15-6-8-18(26)9-7-15;/h6-12,16-17,20,24H,2-5,13-14H2,1H3,(H,30,33);1H/t16?,17?,20-,24-;/m0./s1. The lowest BCUT2D eigenvalue weighted by molar-refractivity contribution is -0.119. The van der Waals surface area contributed by atoms with E-state index >= 15 is 0 Å². The minimum Gasteiger partial charge on any atom is -0.284 e. The van der Waals surface area contributed by atoms with Gasteiger partial charge in [-0.3, -0.25) is 15.2 Å². The van der Waals surface area contributed by atoms with E-state index in [9.17, 15) is 4.79 Å². The molecule has 1 saturated carbocycles. The Morgan fingerprint density at radius 1 is 1.03 bits per heavy atom. The van der Waals surface area contributed by atoms with Gasteiger partial charge in [-0.1, -0.05) is 60.3 Å². The van der Waals surface area contributed by atoms with Crippen molar-refractivity contribution in [3.63, 3.8) is 0 Å². The maximum atomic E-state index is 13.5. The van der Waals surface area contributed by atoms with Gasteiger partial charge in [0.1, 0.15) is 5.71 Å². The Kier molecular flexibility index (Phi) is 8.00. The van der Waals surface area contributed by atoms with Gasteiger partial charge in [-0.25, -0.2) is 5.01 Å². The average molecular weight is 542 g/mol. The van der Waals surface area contributed by atoms with E-state index in [1.807, 2.05) is 35.3 Å². The van der Waals surface area contributed by atoms with Crippen molar-refractivity contribution in [3.8, 4) is 0 Å². The third-order valence-electron chi connectivity index (χ3n) is 7.24. The first-order chi connectivity index (χ1) is 15.9. The van der Waals surface area contributed by atoms with Crippen LogP contribution in [0.4, 0.5) is 5.69 Å². The number of hydrogen-bond acceptors (Lipinski definition) is 4. The highest BCUT2D eigenvalue weighted by molar-refractivity contribution is 6.41. The summed E-state index contributed by atoms with van der Waals surface area (Å²) in [5, 5.41) is 10.5. The zero-order valence-electron chi connectivity index (χ0n) is 18.9. The van der Waals surface area contributed by atoms with Crippen LogP contribution >= 0.6 is 47.2 Å². The molecule has 9 heteroatoms. The summed E-state index contributed by atoms with van der Waals surface area (Å²) < 4.78 is 0. The van der Waals surface area contributed by atoms with E-state index in [1.54, 1.807) is 12.1 Å². The molecule has 1 saturated heterocycles. The van der Waals surface area contributed by atoms with Gasteiger partial charge in [0.15, 0.2) is 0 Å². The number of fused-ring (bicyclic) bond motifs is 1. The molecular formula is C25H28Cl4N4O. The van der Waals surface area contributed by atoms with Crippen LogP contribution in [0.5, 0.6) is 0 Å². The molecule has 0 spiro atoms. The summed E-state index contributed by atoms with van der Waals surface area (Å²) in [5.74, 6) is 1.17. The lowest BCUT2D eigenvalue weighted by Gasteiger charge is -2.29. The molecule has 0 radical (unpaired) electrons. The Labute approximate surface area is 221 Å². The number of anilines is 1.